The van der Waals surface area contributed by atoms with Gasteiger partial charge in [0.25, 0.3) is 0 Å². The summed E-state index contributed by atoms with van der Waals surface area (Å²) in [6, 6.07) is 8.50. The van der Waals surface area contributed by atoms with Crippen LogP contribution in [0.25, 0.3) is 0 Å². The van der Waals surface area contributed by atoms with E-state index >= 15 is 0 Å². The Morgan fingerprint density at radius 2 is 1.84 bits per heavy atom. The van der Waals surface area contributed by atoms with E-state index in [2.05, 4.69) is 5.32 Å². The minimum Gasteiger partial charge on any atom is -0.336 e. The highest BCUT2D eigenvalue weighted by Gasteiger charge is 2.33. The van der Waals surface area contributed by atoms with E-state index in [1.807, 2.05) is 19.1 Å². The van der Waals surface area contributed by atoms with E-state index in [1.54, 1.807) is 19.1 Å². The molecule has 31 heavy (non-hydrogen) atoms. The molecule has 0 aromatic heterocycles. The molecule has 2 aromatic carbocycles. The van der Waals surface area contributed by atoms with E-state index < -0.39 is 39.5 Å². The molecule has 1 aliphatic heterocycles. The van der Waals surface area contributed by atoms with Gasteiger partial charge in [-0.2, -0.15) is 9.57 Å². The first-order valence-corrected chi connectivity index (χ1v) is 11.3. The van der Waals surface area contributed by atoms with Crippen molar-refractivity contribution in [1.82, 2.24) is 9.62 Å². The number of amides is 1. The van der Waals surface area contributed by atoms with Gasteiger partial charge in [0.15, 0.2) is 0 Å². The molecule has 3 rings (SSSR count). The number of nitrogens with zero attached hydrogens (tertiary/aromatic N) is 2. The van der Waals surface area contributed by atoms with E-state index in [9.17, 15) is 27.3 Å². The molecular weight excluding hydrogens is 424 g/mol. The lowest BCUT2D eigenvalue weighted by atomic mass is 9.96. The molecule has 1 N–H and O–H groups in total. The minimum atomic E-state index is -3.67. The van der Waals surface area contributed by atoms with Gasteiger partial charge in [-0.3, -0.25) is 4.79 Å². The Morgan fingerprint density at radius 3 is 2.42 bits per heavy atom. The van der Waals surface area contributed by atoms with Gasteiger partial charge >= 0.3 is 0 Å². The van der Waals surface area contributed by atoms with Crippen LogP contribution in [0, 0.1) is 42.7 Å². The summed E-state index contributed by atoms with van der Waals surface area (Å²) in [5, 5.41) is 11.8. The maximum absolute atomic E-state index is 14.0. The fourth-order valence-electron chi connectivity index (χ4n) is 3.76. The normalized spacial score (nSPS) is 16.5. The number of carbonyl (C=O) groups is 1. The van der Waals surface area contributed by atoms with Crippen molar-refractivity contribution >= 4 is 15.9 Å². The Morgan fingerprint density at radius 1 is 1.16 bits per heavy atom. The summed E-state index contributed by atoms with van der Waals surface area (Å²) in [6.45, 7) is 3.96. The van der Waals surface area contributed by atoms with Crippen LogP contribution >= 0.6 is 0 Å². The van der Waals surface area contributed by atoms with Crippen LogP contribution in [0.3, 0.4) is 0 Å². The van der Waals surface area contributed by atoms with E-state index in [0.29, 0.717) is 11.6 Å². The third-order valence-electron chi connectivity index (χ3n) is 5.46. The molecule has 0 bridgehead atoms. The lowest BCUT2D eigenvalue weighted by Gasteiger charge is -2.31. The first kappa shape index (κ1) is 22.8. The lowest BCUT2D eigenvalue weighted by molar-refractivity contribution is -0.126. The summed E-state index contributed by atoms with van der Waals surface area (Å²) < 4.78 is 54.4. The van der Waals surface area contributed by atoms with E-state index in [0.717, 1.165) is 17.7 Å². The molecule has 1 amide bonds. The number of aryl methyl sites for hydroxylation is 2. The Balaban J connectivity index is 1.66. The van der Waals surface area contributed by atoms with Gasteiger partial charge in [0, 0.05) is 30.6 Å². The van der Waals surface area contributed by atoms with Gasteiger partial charge in [-0.15, -0.1) is 0 Å². The van der Waals surface area contributed by atoms with E-state index in [1.165, 1.54) is 4.31 Å². The van der Waals surface area contributed by atoms with Crippen LogP contribution in [-0.2, 0) is 14.8 Å². The van der Waals surface area contributed by atoms with Crippen LogP contribution < -0.4 is 5.32 Å². The fourth-order valence-corrected chi connectivity index (χ4v) is 5.44. The summed E-state index contributed by atoms with van der Waals surface area (Å²) in [6.07, 6.45) is 0.556. The number of piperidine rings is 1. The highest BCUT2D eigenvalue weighted by Crippen LogP contribution is 2.27. The van der Waals surface area contributed by atoms with Gasteiger partial charge in [0.2, 0.25) is 15.9 Å². The van der Waals surface area contributed by atoms with Gasteiger partial charge in [-0.05, 0) is 44.4 Å². The van der Waals surface area contributed by atoms with Crippen molar-refractivity contribution in [1.29, 1.82) is 5.26 Å². The maximum atomic E-state index is 14.0. The predicted octanol–water partition coefficient (Wildman–Crippen LogP) is 3.36. The number of halogens is 2. The third-order valence-corrected chi connectivity index (χ3v) is 7.52. The summed E-state index contributed by atoms with van der Waals surface area (Å²) >= 11 is 0. The van der Waals surface area contributed by atoms with Crippen molar-refractivity contribution in [2.24, 2.45) is 5.92 Å². The number of benzene rings is 2. The molecule has 1 fully saturated rings. The number of rotatable bonds is 5. The van der Waals surface area contributed by atoms with E-state index in [4.69, 9.17) is 0 Å². The molecule has 0 aliphatic carbocycles. The number of hydrogen-bond acceptors (Lipinski definition) is 4. The first-order valence-electron chi connectivity index (χ1n) is 9.86. The lowest BCUT2D eigenvalue weighted by Crippen LogP contribution is -2.43. The monoisotopic (exact) mass is 447 g/mol. The molecule has 1 unspecified atom stereocenters. The zero-order valence-electron chi connectivity index (χ0n) is 17.2. The molecular formula is C22H23F2N3O3S. The molecule has 1 heterocycles. The summed E-state index contributed by atoms with van der Waals surface area (Å²) in [5.74, 6) is -2.66. The topological polar surface area (TPSA) is 90.3 Å². The van der Waals surface area contributed by atoms with Crippen LogP contribution in [0.5, 0.6) is 0 Å². The summed E-state index contributed by atoms with van der Waals surface area (Å²) in [5.41, 5.74) is 1.52. The second kappa shape index (κ2) is 9.12. The SMILES string of the molecule is Cc1ccc(S(=O)(=O)N2CCC(C(=O)NC(C#N)c3ccc(F)cc3F)CC2)c(C)c1. The quantitative estimate of drug-likeness (QED) is 0.761. The molecule has 0 radical (unpaired) electrons. The molecule has 164 valence electrons. The van der Waals surface area contributed by atoms with E-state index in [-0.39, 0.29) is 36.4 Å². The second-order valence-electron chi connectivity index (χ2n) is 7.68. The third kappa shape index (κ3) is 4.92. The maximum Gasteiger partial charge on any atom is 0.243 e. The number of carbonyl (C=O) groups excluding carboxylic acids is 1. The molecule has 1 saturated heterocycles. The molecule has 0 saturated carbocycles. The summed E-state index contributed by atoms with van der Waals surface area (Å²) in [7, 11) is -3.67. The zero-order chi connectivity index (χ0) is 22.8. The highest BCUT2D eigenvalue weighted by atomic mass is 32.2. The van der Waals surface area contributed by atoms with Crippen LogP contribution in [0.2, 0.25) is 0 Å². The van der Waals surface area contributed by atoms with Gasteiger partial charge < -0.3 is 5.32 Å². The Hall–Kier alpha value is -2.83. The van der Waals surface area contributed by atoms with Crippen molar-refractivity contribution in [3.05, 3.63) is 64.7 Å². The van der Waals surface area contributed by atoms with Gasteiger partial charge in [0.1, 0.15) is 17.7 Å². The van der Waals surface area contributed by atoms with Gasteiger partial charge in [0.05, 0.1) is 11.0 Å². The van der Waals surface area contributed by atoms with Crippen LogP contribution in [0.1, 0.15) is 35.6 Å². The Kier molecular flexibility index (Phi) is 6.72. The average Bonchev–Trinajstić information content (AvgIpc) is 2.72. The second-order valence-corrected chi connectivity index (χ2v) is 9.59. The van der Waals surface area contributed by atoms with Crippen LogP contribution in [0.4, 0.5) is 8.78 Å². The Bertz CT molecular complexity index is 1140. The number of hydrogen-bond donors (Lipinski definition) is 1. The fraction of sp³-hybridized carbons (Fsp3) is 0.364. The van der Waals surface area contributed by atoms with Crippen molar-refractivity contribution in [2.75, 3.05) is 13.1 Å². The molecule has 1 atom stereocenters. The largest absolute Gasteiger partial charge is 0.336 e. The summed E-state index contributed by atoms with van der Waals surface area (Å²) in [4.78, 5) is 12.9. The number of nitriles is 1. The highest BCUT2D eigenvalue weighted by molar-refractivity contribution is 7.89. The zero-order valence-corrected chi connectivity index (χ0v) is 18.0. The number of nitrogens with one attached hydrogen (secondary N) is 1. The molecule has 9 heteroatoms. The van der Waals surface area contributed by atoms with Crippen LogP contribution in [0.15, 0.2) is 41.3 Å². The minimum absolute atomic E-state index is 0.118. The van der Waals surface area contributed by atoms with Gasteiger partial charge in [-0.1, -0.05) is 23.8 Å². The van der Waals surface area contributed by atoms with Crippen molar-refractivity contribution in [3.63, 3.8) is 0 Å². The average molecular weight is 448 g/mol. The van der Waals surface area contributed by atoms with Crippen molar-refractivity contribution in [3.8, 4) is 6.07 Å². The van der Waals surface area contributed by atoms with Crippen molar-refractivity contribution in [2.45, 2.75) is 37.6 Å². The first-order chi connectivity index (χ1) is 14.6. The van der Waals surface area contributed by atoms with Crippen molar-refractivity contribution < 1.29 is 22.0 Å². The molecule has 6 nitrogen and oxygen atoms in total. The molecule has 0 spiro atoms. The molecule has 2 aromatic rings. The smallest absolute Gasteiger partial charge is 0.243 e. The van der Waals surface area contributed by atoms with Gasteiger partial charge in [-0.25, -0.2) is 17.2 Å². The molecule has 1 aliphatic rings. The number of sulfonamides is 1. The predicted molar refractivity (Wildman–Crippen MR) is 110 cm³/mol. The standard InChI is InChI=1S/C22H23F2N3O3S/c1-14-3-6-21(15(2)11-14)31(29,30)27-9-7-16(8-10-27)22(28)26-20(13-25)18-5-4-17(23)12-19(18)24/h3-6,11-12,16,20H,7-10H2,1-2H3,(H,26,28). The van der Waals surface area contributed by atoms with Crippen LogP contribution in [-0.4, -0.2) is 31.7 Å². The Labute approximate surface area is 180 Å².